The Hall–Kier alpha value is -1.55. The molecule has 0 atom stereocenters. The molecular formula is C12H13N3S. The lowest BCUT2D eigenvalue weighted by Crippen LogP contribution is -1.93. The van der Waals surface area contributed by atoms with Gasteiger partial charge in [0.25, 0.3) is 0 Å². The number of nitrogens with two attached hydrogens (primary N) is 1. The second kappa shape index (κ2) is 5.51. The zero-order valence-electron chi connectivity index (χ0n) is 8.84. The maximum Gasteiger partial charge on any atom is 0.119 e. The number of aryl methyl sites for hydroxylation is 1. The first-order valence-electron chi connectivity index (χ1n) is 5.08. The van der Waals surface area contributed by atoms with E-state index in [0.717, 1.165) is 22.9 Å². The molecule has 0 aliphatic heterocycles. The molecule has 0 unspecified atom stereocenters. The van der Waals surface area contributed by atoms with E-state index in [-0.39, 0.29) is 0 Å². The fraction of sp³-hybridized carbons (Fsp3) is 0.167. The van der Waals surface area contributed by atoms with Gasteiger partial charge in [0.05, 0.1) is 5.69 Å². The van der Waals surface area contributed by atoms with Gasteiger partial charge in [0, 0.05) is 24.3 Å². The average molecular weight is 231 g/mol. The van der Waals surface area contributed by atoms with Gasteiger partial charge in [0.1, 0.15) is 5.03 Å². The van der Waals surface area contributed by atoms with Crippen LogP contribution < -0.4 is 5.73 Å². The van der Waals surface area contributed by atoms with Crippen molar-refractivity contribution in [2.75, 3.05) is 11.5 Å². The third-order valence-corrected chi connectivity index (χ3v) is 3.20. The molecule has 16 heavy (non-hydrogen) atoms. The third-order valence-electron chi connectivity index (χ3n) is 2.18. The minimum Gasteiger partial charge on any atom is -0.397 e. The molecule has 2 aromatic heterocycles. The first-order valence-corrected chi connectivity index (χ1v) is 6.07. The predicted octanol–water partition coefficient (Wildman–Crippen LogP) is 2.39. The smallest absolute Gasteiger partial charge is 0.119 e. The number of rotatable bonds is 4. The molecular weight excluding hydrogens is 218 g/mol. The van der Waals surface area contributed by atoms with E-state index in [1.54, 1.807) is 18.0 Å². The van der Waals surface area contributed by atoms with Crippen molar-refractivity contribution in [3.05, 3.63) is 48.4 Å². The number of pyridine rings is 2. The number of hydrogen-bond acceptors (Lipinski definition) is 4. The average Bonchev–Trinajstić information content (AvgIpc) is 2.33. The summed E-state index contributed by atoms with van der Waals surface area (Å²) in [5.74, 6) is 0.977. The van der Waals surface area contributed by atoms with Crippen LogP contribution in [0.25, 0.3) is 0 Å². The maximum absolute atomic E-state index is 5.81. The quantitative estimate of drug-likeness (QED) is 0.821. The predicted molar refractivity (Wildman–Crippen MR) is 67.3 cm³/mol. The van der Waals surface area contributed by atoms with Crippen LogP contribution >= 0.6 is 11.8 Å². The van der Waals surface area contributed by atoms with Gasteiger partial charge in [0.15, 0.2) is 0 Å². The van der Waals surface area contributed by atoms with Crippen molar-refractivity contribution >= 4 is 17.4 Å². The molecule has 0 fully saturated rings. The molecule has 3 nitrogen and oxygen atoms in total. The van der Waals surface area contributed by atoms with Crippen molar-refractivity contribution in [2.45, 2.75) is 11.4 Å². The van der Waals surface area contributed by atoms with Crippen molar-refractivity contribution in [1.82, 2.24) is 9.97 Å². The normalized spacial score (nSPS) is 10.2. The summed E-state index contributed by atoms with van der Waals surface area (Å²) in [5, 5.41) is 0.913. The first-order chi connectivity index (χ1) is 7.86. The fourth-order valence-electron chi connectivity index (χ4n) is 1.34. The largest absolute Gasteiger partial charge is 0.397 e. The minimum atomic E-state index is 0.752. The molecule has 2 aromatic rings. The number of thioether (sulfide) groups is 1. The van der Waals surface area contributed by atoms with Crippen molar-refractivity contribution in [3.8, 4) is 0 Å². The van der Waals surface area contributed by atoms with E-state index >= 15 is 0 Å². The lowest BCUT2D eigenvalue weighted by molar-refractivity contribution is 1.10. The SMILES string of the molecule is Nc1cccnc1SCCc1ccncc1. The second-order valence-electron chi connectivity index (χ2n) is 3.35. The summed E-state index contributed by atoms with van der Waals surface area (Å²) in [6, 6.07) is 7.79. The highest BCUT2D eigenvalue weighted by molar-refractivity contribution is 7.99. The summed E-state index contributed by atoms with van der Waals surface area (Å²) in [6.07, 6.45) is 6.40. The van der Waals surface area contributed by atoms with E-state index in [1.807, 2.05) is 36.7 Å². The Kier molecular flexibility index (Phi) is 3.77. The lowest BCUT2D eigenvalue weighted by atomic mass is 10.2. The number of anilines is 1. The van der Waals surface area contributed by atoms with E-state index in [0.29, 0.717) is 0 Å². The van der Waals surface area contributed by atoms with Crippen molar-refractivity contribution < 1.29 is 0 Å². The van der Waals surface area contributed by atoms with Gasteiger partial charge in [-0.05, 0) is 36.2 Å². The molecule has 82 valence electrons. The molecule has 0 spiro atoms. The number of hydrogen-bond donors (Lipinski definition) is 1. The van der Waals surface area contributed by atoms with Crippen LogP contribution in [0.3, 0.4) is 0 Å². The van der Waals surface area contributed by atoms with E-state index in [9.17, 15) is 0 Å². The van der Waals surface area contributed by atoms with Gasteiger partial charge in [0.2, 0.25) is 0 Å². The van der Waals surface area contributed by atoms with E-state index in [4.69, 9.17) is 5.73 Å². The van der Waals surface area contributed by atoms with Crippen LogP contribution in [0.5, 0.6) is 0 Å². The van der Waals surface area contributed by atoms with Gasteiger partial charge in [-0.25, -0.2) is 4.98 Å². The number of aromatic nitrogens is 2. The Labute approximate surface area is 99.1 Å². The molecule has 0 saturated carbocycles. The second-order valence-corrected chi connectivity index (χ2v) is 4.44. The van der Waals surface area contributed by atoms with Gasteiger partial charge in [-0.3, -0.25) is 4.98 Å². The highest BCUT2D eigenvalue weighted by Crippen LogP contribution is 2.22. The summed E-state index contributed by atoms with van der Waals surface area (Å²) in [5.41, 5.74) is 7.85. The molecule has 2 rings (SSSR count). The van der Waals surface area contributed by atoms with Gasteiger partial charge in [-0.15, -0.1) is 11.8 Å². The number of nitrogen functional groups attached to an aromatic ring is 1. The van der Waals surface area contributed by atoms with Crippen LogP contribution in [0, 0.1) is 0 Å². The van der Waals surface area contributed by atoms with E-state index < -0.39 is 0 Å². The van der Waals surface area contributed by atoms with E-state index in [2.05, 4.69) is 9.97 Å². The van der Waals surface area contributed by atoms with Crippen LogP contribution in [0.4, 0.5) is 5.69 Å². The molecule has 0 aliphatic carbocycles. The molecule has 0 saturated heterocycles. The molecule has 4 heteroatoms. The zero-order valence-corrected chi connectivity index (χ0v) is 9.65. The van der Waals surface area contributed by atoms with Crippen molar-refractivity contribution in [1.29, 1.82) is 0 Å². The van der Waals surface area contributed by atoms with Gasteiger partial charge < -0.3 is 5.73 Å². The van der Waals surface area contributed by atoms with Crippen LogP contribution in [0.15, 0.2) is 47.9 Å². The molecule has 2 heterocycles. The Morgan fingerprint density at radius 3 is 2.69 bits per heavy atom. The summed E-state index contributed by atoms with van der Waals surface area (Å²) in [6.45, 7) is 0. The highest BCUT2D eigenvalue weighted by atomic mass is 32.2. The third kappa shape index (κ3) is 2.97. The molecule has 0 bridgehead atoms. The van der Waals surface area contributed by atoms with Crippen LogP contribution in [-0.4, -0.2) is 15.7 Å². The molecule has 0 aromatic carbocycles. The Balaban J connectivity index is 1.87. The molecule has 0 radical (unpaired) electrons. The van der Waals surface area contributed by atoms with Crippen molar-refractivity contribution in [2.24, 2.45) is 0 Å². The van der Waals surface area contributed by atoms with Gasteiger partial charge in [-0.1, -0.05) is 0 Å². The monoisotopic (exact) mass is 231 g/mol. The molecule has 0 aliphatic rings. The zero-order chi connectivity index (χ0) is 11.2. The fourth-order valence-corrected chi connectivity index (χ4v) is 2.24. The Morgan fingerprint density at radius 1 is 1.12 bits per heavy atom. The van der Waals surface area contributed by atoms with Crippen LogP contribution in [0.1, 0.15) is 5.56 Å². The van der Waals surface area contributed by atoms with Crippen LogP contribution in [-0.2, 0) is 6.42 Å². The maximum atomic E-state index is 5.81. The summed E-state index contributed by atoms with van der Waals surface area (Å²) in [7, 11) is 0. The highest BCUT2D eigenvalue weighted by Gasteiger charge is 2.00. The molecule has 2 N–H and O–H groups in total. The Bertz CT molecular complexity index is 445. The first kappa shape index (κ1) is 11.0. The van der Waals surface area contributed by atoms with Crippen LogP contribution in [0.2, 0.25) is 0 Å². The summed E-state index contributed by atoms with van der Waals surface area (Å²) >= 11 is 1.69. The summed E-state index contributed by atoms with van der Waals surface area (Å²) in [4.78, 5) is 8.22. The Morgan fingerprint density at radius 2 is 1.94 bits per heavy atom. The van der Waals surface area contributed by atoms with Gasteiger partial charge >= 0.3 is 0 Å². The van der Waals surface area contributed by atoms with E-state index in [1.165, 1.54) is 5.56 Å². The van der Waals surface area contributed by atoms with Gasteiger partial charge in [-0.2, -0.15) is 0 Å². The van der Waals surface area contributed by atoms with Crippen molar-refractivity contribution in [3.63, 3.8) is 0 Å². The molecule has 0 amide bonds. The summed E-state index contributed by atoms with van der Waals surface area (Å²) < 4.78 is 0. The standard InChI is InChI=1S/C12H13N3S/c13-11-2-1-6-15-12(11)16-9-5-10-3-7-14-8-4-10/h1-4,6-8H,5,9,13H2. The lowest BCUT2D eigenvalue weighted by Gasteiger charge is -2.03. The number of nitrogens with zero attached hydrogens (tertiary/aromatic N) is 2. The topological polar surface area (TPSA) is 51.8 Å². The minimum absolute atomic E-state index is 0.752.